The highest BCUT2D eigenvalue weighted by Crippen LogP contribution is 2.45. The van der Waals surface area contributed by atoms with E-state index in [0.717, 1.165) is 0 Å². The van der Waals surface area contributed by atoms with Gasteiger partial charge in [0.15, 0.2) is 0 Å². The van der Waals surface area contributed by atoms with Crippen molar-refractivity contribution in [2.75, 3.05) is 0 Å². The predicted octanol–water partition coefficient (Wildman–Crippen LogP) is 14.3. The molecule has 11 rings (SSSR count). The van der Waals surface area contributed by atoms with E-state index >= 15 is 0 Å². The Bertz CT molecular complexity index is 2920. The summed E-state index contributed by atoms with van der Waals surface area (Å²) in [6.45, 7) is 0. The maximum Gasteiger partial charge on any atom is 0.0547 e. The third-order valence-corrected chi connectivity index (χ3v) is 11.2. The summed E-state index contributed by atoms with van der Waals surface area (Å²) in [6, 6.07) is 73.4. The van der Waals surface area contributed by atoms with Crippen molar-refractivity contribution >= 4 is 54.1 Å². The van der Waals surface area contributed by atoms with Crippen LogP contribution in [0.3, 0.4) is 0 Å². The number of para-hydroxylation sites is 1. The topological polar surface area (TPSA) is 4.93 Å². The molecule has 10 aromatic carbocycles. The van der Waals surface area contributed by atoms with E-state index < -0.39 is 0 Å². The molecule has 0 aliphatic heterocycles. The van der Waals surface area contributed by atoms with E-state index in [1.807, 2.05) is 0 Å². The SMILES string of the molecule is c1ccc(-n2c3ccc(-c4ccc(-c5cccc6ccccc56)cc4)c4ccc5c(-c6ccc(-c7cccc8ccccc78)cc6)ccc2c5c43)cc1. The highest BCUT2D eigenvalue weighted by Gasteiger charge is 2.21. The lowest BCUT2D eigenvalue weighted by Crippen LogP contribution is -1.93. The summed E-state index contributed by atoms with van der Waals surface area (Å²) in [4.78, 5) is 0. The Balaban J connectivity index is 1.07. The summed E-state index contributed by atoms with van der Waals surface area (Å²) in [7, 11) is 0. The minimum Gasteiger partial charge on any atom is -0.309 e. The van der Waals surface area contributed by atoms with Crippen molar-refractivity contribution in [3.63, 3.8) is 0 Å². The van der Waals surface area contributed by atoms with Crippen molar-refractivity contribution in [2.45, 2.75) is 0 Å². The lowest BCUT2D eigenvalue weighted by Gasteiger charge is -2.13. The Labute approximate surface area is 308 Å². The molecule has 1 aromatic heterocycles. The number of rotatable bonds is 5. The summed E-state index contributed by atoms with van der Waals surface area (Å²) in [5.41, 5.74) is 13.6. The van der Waals surface area contributed by atoms with Gasteiger partial charge in [-0.3, -0.25) is 0 Å². The molecule has 11 aromatic rings. The molecule has 0 fully saturated rings. The van der Waals surface area contributed by atoms with Crippen LogP contribution in [0.25, 0.3) is 104 Å². The number of hydrogen-bond donors (Lipinski definition) is 0. The molecule has 53 heavy (non-hydrogen) atoms. The molecule has 0 amide bonds. The molecule has 246 valence electrons. The summed E-state index contributed by atoms with van der Waals surface area (Å²) >= 11 is 0. The van der Waals surface area contributed by atoms with E-state index in [1.54, 1.807) is 0 Å². The van der Waals surface area contributed by atoms with Gasteiger partial charge in [0.25, 0.3) is 0 Å². The van der Waals surface area contributed by atoms with Crippen LogP contribution in [0.2, 0.25) is 0 Å². The van der Waals surface area contributed by atoms with Crippen LogP contribution < -0.4 is 0 Å². The molecule has 0 aliphatic rings. The fourth-order valence-corrected chi connectivity index (χ4v) is 8.73. The molecule has 0 N–H and O–H groups in total. The monoisotopic (exact) mass is 671 g/mol. The normalized spacial score (nSPS) is 11.8. The lowest BCUT2D eigenvalue weighted by molar-refractivity contribution is 1.18. The van der Waals surface area contributed by atoms with Gasteiger partial charge in [-0.1, -0.05) is 176 Å². The van der Waals surface area contributed by atoms with Crippen molar-refractivity contribution in [1.82, 2.24) is 4.57 Å². The molecule has 0 spiro atoms. The second kappa shape index (κ2) is 11.8. The highest BCUT2D eigenvalue weighted by molar-refractivity contribution is 6.28. The van der Waals surface area contributed by atoms with Crippen LogP contribution in [0.5, 0.6) is 0 Å². The summed E-state index contributed by atoms with van der Waals surface area (Å²) < 4.78 is 2.44. The number of hydrogen-bond acceptors (Lipinski definition) is 0. The zero-order valence-corrected chi connectivity index (χ0v) is 29.0. The van der Waals surface area contributed by atoms with Crippen LogP contribution in [-0.4, -0.2) is 4.57 Å². The minimum absolute atomic E-state index is 1.17. The Morgan fingerprint density at radius 1 is 0.245 bits per heavy atom. The molecule has 1 heteroatoms. The fraction of sp³-hybridized carbons (Fsp3) is 0. The number of nitrogens with zero attached hydrogens (tertiary/aromatic N) is 1. The average molecular weight is 672 g/mol. The van der Waals surface area contributed by atoms with Crippen LogP contribution in [0.1, 0.15) is 0 Å². The number of fused-ring (bicyclic) bond motifs is 2. The van der Waals surface area contributed by atoms with Gasteiger partial charge in [-0.15, -0.1) is 0 Å². The van der Waals surface area contributed by atoms with Crippen LogP contribution in [0.15, 0.2) is 200 Å². The van der Waals surface area contributed by atoms with Crippen molar-refractivity contribution in [2.24, 2.45) is 0 Å². The summed E-state index contributed by atoms with van der Waals surface area (Å²) in [5, 5.41) is 10.3. The van der Waals surface area contributed by atoms with Crippen molar-refractivity contribution in [3.05, 3.63) is 200 Å². The van der Waals surface area contributed by atoms with Gasteiger partial charge < -0.3 is 4.57 Å². The van der Waals surface area contributed by atoms with Gasteiger partial charge in [0.05, 0.1) is 11.0 Å². The highest BCUT2D eigenvalue weighted by atomic mass is 15.0. The molecule has 0 unspecified atom stereocenters. The van der Waals surface area contributed by atoms with Crippen molar-refractivity contribution in [3.8, 4) is 50.2 Å². The first-order chi connectivity index (χ1) is 26.3. The molecule has 1 nitrogen and oxygen atoms in total. The number of benzene rings is 10. The zero-order chi connectivity index (χ0) is 34.9. The van der Waals surface area contributed by atoms with E-state index in [0.29, 0.717) is 0 Å². The Kier molecular flexibility index (Phi) is 6.62. The first kappa shape index (κ1) is 29.7. The van der Waals surface area contributed by atoms with Gasteiger partial charge >= 0.3 is 0 Å². The van der Waals surface area contributed by atoms with Gasteiger partial charge in [0.2, 0.25) is 0 Å². The molecule has 0 radical (unpaired) electrons. The Hall–Kier alpha value is -6.96. The molecule has 0 bridgehead atoms. The van der Waals surface area contributed by atoms with E-state index in [1.165, 1.54) is 104 Å². The van der Waals surface area contributed by atoms with Crippen LogP contribution in [-0.2, 0) is 0 Å². The maximum atomic E-state index is 2.44. The van der Waals surface area contributed by atoms with Crippen molar-refractivity contribution in [1.29, 1.82) is 0 Å². The largest absolute Gasteiger partial charge is 0.309 e. The average Bonchev–Trinajstić information content (AvgIpc) is 3.58. The molecule has 1 heterocycles. The molecular weight excluding hydrogens is 639 g/mol. The van der Waals surface area contributed by atoms with E-state index in [-0.39, 0.29) is 0 Å². The molecule has 0 atom stereocenters. The molecular formula is C52H33N. The minimum atomic E-state index is 1.17. The van der Waals surface area contributed by atoms with Gasteiger partial charge in [-0.25, -0.2) is 0 Å². The maximum absolute atomic E-state index is 2.44. The standard InChI is InChI=1S/C52H33N/c1-2-14-40(15-3-1)53-49-32-30-45(38-24-20-36(21-25-38)43-18-8-12-34-10-4-6-16-41(34)43)47-28-29-48-46(31-33-50(53)52(48)51(47)49)39-26-22-37(23-27-39)44-19-9-13-35-11-5-7-17-42(35)44/h1-33H. The number of aromatic nitrogens is 1. The lowest BCUT2D eigenvalue weighted by atomic mass is 9.90. The summed E-state index contributed by atoms with van der Waals surface area (Å²) in [5.74, 6) is 0. The predicted molar refractivity (Wildman–Crippen MR) is 226 cm³/mol. The smallest absolute Gasteiger partial charge is 0.0547 e. The van der Waals surface area contributed by atoms with Gasteiger partial charge in [-0.2, -0.15) is 0 Å². The van der Waals surface area contributed by atoms with Crippen molar-refractivity contribution < 1.29 is 0 Å². The Morgan fingerprint density at radius 2 is 0.623 bits per heavy atom. The van der Waals surface area contributed by atoms with E-state index in [2.05, 4.69) is 205 Å². The fourth-order valence-electron chi connectivity index (χ4n) is 8.73. The summed E-state index contributed by atoms with van der Waals surface area (Å²) in [6.07, 6.45) is 0. The van der Waals surface area contributed by atoms with E-state index in [9.17, 15) is 0 Å². The van der Waals surface area contributed by atoms with Crippen LogP contribution in [0.4, 0.5) is 0 Å². The second-order valence-corrected chi connectivity index (χ2v) is 14.1. The third kappa shape index (κ3) is 4.64. The van der Waals surface area contributed by atoms with Crippen LogP contribution >= 0.6 is 0 Å². The van der Waals surface area contributed by atoms with Gasteiger partial charge in [-0.05, 0) is 101 Å². The second-order valence-electron chi connectivity index (χ2n) is 14.1. The quantitative estimate of drug-likeness (QED) is 0.161. The van der Waals surface area contributed by atoms with E-state index in [4.69, 9.17) is 0 Å². The molecule has 0 saturated heterocycles. The first-order valence-electron chi connectivity index (χ1n) is 18.3. The molecule has 0 aliphatic carbocycles. The third-order valence-electron chi connectivity index (χ3n) is 11.2. The van der Waals surface area contributed by atoms with Gasteiger partial charge in [0.1, 0.15) is 0 Å². The molecule has 0 saturated carbocycles. The van der Waals surface area contributed by atoms with Gasteiger partial charge in [0, 0.05) is 16.5 Å². The first-order valence-corrected chi connectivity index (χ1v) is 18.3. The zero-order valence-electron chi connectivity index (χ0n) is 29.0. The van der Waals surface area contributed by atoms with Crippen LogP contribution in [0, 0.1) is 0 Å². The Morgan fingerprint density at radius 3 is 1.08 bits per heavy atom.